The molecule has 0 aliphatic rings. The van der Waals surface area contributed by atoms with Gasteiger partial charge in [-0.1, -0.05) is 66.5 Å². The molecule has 3 rings (SSSR count). The topological polar surface area (TPSA) is 0 Å². The van der Waals surface area contributed by atoms with Crippen LogP contribution in [-0.2, 0) is 32.6 Å². The molecule has 0 saturated carbocycles. The largest absolute Gasteiger partial charge is 4.00 e. The van der Waals surface area contributed by atoms with Crippen LogP contribution < -0.4 is 34.0 Å². The number of aryl methyl sites for hydroxylation is 3. The van der Waals surface area contributed by atoms with Crippen molar-refractivity contribution in [3.63, 3.8) is 0 Å². The van der Waals surface area contributed by atoms with Crippen molar-refractivity contribution in [2.24, 2.45) is 0 Å². The maximum atomic E-state index is 2.26. The minimum Gasteiger partial charge on any atom is -1.00 e. The van der Waals surface area contributed by atoms with E-state index < -0.39 is 0 Å². The summed E-state index contributed by atoms with van der Waals surface area (Å²) in [6.07, 6.45) is 1.17. The van der Waals surface area contributed by atoms with Gasteiger partial charge in [-0.15, -0.1) is 34.0 Å². The smallest absolute Gasteiger partial charge is 1.00 e. The van der Waals surface area contributed by atoms with Gasteiger partial charge in [-0.3, -0.25) is 0 Å². The Balaban J connectivity index is 0. The SMILES string of the molecule is CC[c-]1c(C)c(C)c(C)c1C.Cc1cc2c(C)ccc(C)c2[cH-]1.[Br-].[Br-].[Zr+4]. The van der Waals surface area contributed by atoms with E-state index in [-0.39, 0.29) is 60.2 Å². The van der Waals surface area contributed by atoms with Gasteiger partial charge in [-0.25, -0.2) is 0 Å². The van der Waals surface area contributed by atoms with Crippen LogP contribution in [0.2, 0.25) is 0 Å². The summed E-state index contributed by atoms with van der Waals surface area (Å²) >= 11 is 0. The van der Waals surface area contributed by atoms with Crippen molar-refractivity contribution in [3.05, 3.63) is 68.8 Å². The Labute approximate surface area is 200 Å². The summed E-state index contributed by atoms with van der Waals surface area (Å²) in [7, 11) is 0. The summed E-state index contributed by atoms with van der Waals surface area (Å²) in [4.78, 5) is 0. The van der Waals surface area contributed by atoms with Crippen LogP contribution in [-0.4, -0.2) is 0 Å². The molecule has 0 heterocycles. The molecule has 0 bridgehead atoms. The van der Waals surface area contributed by atoms with E-state index >= 15 is 0 Å². The molecule has 0 amide bonds. The van der Waals surface area contributed by atoms with Gasteiger partial charge in [-0.05, 0) is 6.92 Å². The fraction of sp³-hybridized carbons (Fsp3) is 0.391. The van der Waals surface area contributed by atoms with E-state index in [9.17, 15) is 0 Å². The molecule has 0 fully saturated rings. The third-order valence-corrected chi connectivity index (χ3v) is 5.41. The standard InChI is InChI=1S/C12H13.C11H17.2BrH.Zr/c1-8-6-11-9(2)4-5-10(3)12(11)7-8;1-6-11-9(4)7(2)8(3)10(11)5;;;/h4-7H,1-3H3;6H2,1-5H3;2*1H;/q2*-1;;;+4/p-2. The molecule has 3 aromatic rings. The van der Waals surface area contributed by atoms with E-state index in [2.05, 4.69) is 79.7 Å². The van der Waals surface area contributed by atoms with E-state index in [0.717, 1.165) is 0 Å². The monoisotopic (exact) mass is 554 g/mol. The molecule has 3 heteroatoms. The molecular weight excluding hydrogens is 527 g/mol. The molecule has 140 valence electrons. The first-order chi connectivity index (χ1) is 10.8. The van der Waals surface area contributed by atoms with E-state index in [1.807, 2.05) is 0 Å². The van der Waals surface area contributed by atoms with E-state index in [0.29, 0.717) is 0 Å². The van der Waals surface area contributed by atoms with E-state index in [4.69, 9.17) is 0 Å². The third kappa shape index (κ3) is 5.76. The van der Waals surface area contributed by atoms with Crippen LogP contribution in [0, 0.1) is 48.5 Å². The zero-order valence-corrected chi connectivity index (χ0v) is 22.9. The number of hydrogen-bond acceptors (Lipinski definition) is 0. The number of fused-ring (bicyclic) bond motifs is 1. The number of rotatable bonds is 1. The summed E-state index contributed by atoms with van der Waals surface area (Å²) in [5.74, 6) is 0. The van der Waals surface area contributed by atoms with Crippen LogP contribution in [0.25, 0.3) is 10.8 Å². The van der Waals surface area contributed by atoms with Gasteiger partial charge in [0.2, 0.25) is 0 Å². The zero-order valence-electron chi connectivity index (χ0n) is 17.3. The van der Waals surface area contributed by atoms with Crippen LogP contribution in [0.1, 0.15) is 51.4 Å². The van der Waals surface area contributed by atoms with Gasteiger partial charge in [0, 0.05) is 0 Å². The molecule has 0 radical (unpaired) electrons. The van der Waals surface area contributed by atoms with Gasteiger partial charge in [0.05, 0.1) is 0 Å². The van der Waals surface area contributed by atoms with Crippen LogP contribution in [0.5, 0.6) is 0 Å². The van der Waals surface area contributed by atoms with Crippen LogP contribution in [0.4, 0.5) is 0 Å². The fourth-order valence-corrected chi connectivity index (χ4v) is 3.56. The summed E-state index contributed by atoms with van der Waals surface area (Å²) in [5.41, 5.74) is 11.7. The Morgan fingerprint density at radius 3 is 1.65 bits per heavy atom. The molecule has 0 aliphatic carbocycles. The first-order valence-corrected chi connectivity index (χ1v) is 8.63. The minimum atomic E-state index is 0. The molecule has 0 saturated heterocycles. The molecule has 0 spiro atoms. The molecule has 26 heavy (non-hydrogen) atoms. The van der Waals surface area contributed by atoms with Gasteiger partial charge >= 0.3 is 26.2 Å². The Hall–Kier alpha value is 0.0231. The van der Waals surface area contributed by atoms with Crippen LogP contribution >= 0.6 is 0 Å². The Bertz CT molecular complexity index is 773. The molecule has 0 atom stereocenters. The molecule has 0 N–H and O–H groups in total. The Kier molecular flexibility index (Phi) is 12.8. The van der Waals surface area contributed by atoms with Crippen molar-refractivity contribution in [2.75, 3.05) is 0 Å². The fourth-order valence-electron chi connectivity index (χ4n) is 3.56. The zero-order chi connectivity index (χ0) is 17.3. The molecule has 0 unspecified atom stereocenters. The Morgan fingerprint density at radius 1 is 0.808 bits per heavy atom. The van der Waals surface area contributed by atoms with Crippen molar-refractivity contribution in [1.29, 1.82) is 0 Å². The summed E-state index contributed by atoms with van der Waals surface area (Å²) in [5, 5.41) is 2.82. The predicted octanol–water partition coefficient (Wildman–Crippen LogP) is 0.691. The molecule has 0 aliphatic heterocycles. The summed E-state index contributed by atoms with van der Waals surface area (Å²) < 4.78 is 0. The predicted molar refractivity (Wildman–Crippen MR) is 104 cm³/mol. The van der Waals surface area contributed by atoms with Crippen molar-refractivity contribution < 1.29 is 60.2 Å². The van der Waals surface area contributed by atoms with Crippen molar-refractivity contribution >= 4 is 10.8 Å². The van der Waals surface area contributed by atoms with Gasteiger partial charge < -0.3 is 34.0 Å². The summed E-state index contributed by atoms with van der Waals surface area (Å²) in [6, 6.07) is 8.91. The van der Waals surface area contributed by atoms with Crippen molar-refractivity contribution in [3.8, 4) is 0 Å². The molecule has 0 aromatic heterocycles. The molecule has 0 nitrogen and oxygen atoms in total. The van der Waals surface area contributed by atoms with Gasteiger partial charge in [-0.2, -0.15) is 33.9 Å². The first kappa shape index (κ1) is 28.2. The number of hydrogen-bond donors (Lipinski definition) is 0. The average Bonchev–Trinajstić information content (AvgIpc) is 3.00. The van der Waals surface area contributed by atoms with E-state index in [1.165, 1.54) is 56.1 Å². The van der Waals surface area contributed by atoms with E-state index in [1.54, 1.807) is 5.56 Å². The van der Waals surface area contributed by atoms with Crippen LogP contribution in [0.3, 0.4) is 0 Å². The molecule has 3 aromatic carbocycles. The second-order valence-electron chi connectivity index (χ2n) is 6.89. The number of benzene rings is 1. The van der Waals surface area contributed by atoms with Gasteiger partial charge in [0.15, 0.2) is 0 Å². The second kappa shape index (κ2) is 11.8. The van der Waals surface area contributed by atoms with Crippen LogP contribution in [0.15, 0.2) is 24.3 Å². The average molecular weight is 558 g/mol. The Morgan fingerprint density at radius 2 is 1.27 bits per heavy atom. The minimum absolute atomic E-state index is 0. The second-order valence-corrected chi connectivity index (χ2v) is 6.89. The third-order valence-electron chi connectivity index (χ3n) is 5.41. The first-order valence-electron chi connectivity index (χ1n) is 8.63. The maximum absolute atomic E-state index is 2.26. The quantitative estimate of drug-likeness (QED) is 0.387. The van der Waals surface area contributed by atoms with Gasteiger partial charge in [0.25, 0.3) is 0 Å². The number of halogens is 2. The molecular formula is C23H30Br2Zr. The summed E-state index contributed by atoms with van der Waals surface area (Å²) in [6.45, 7) is 17.6. The maximum Gasteiger partial charge on any atom is 4.00 e. The normalized spacial score (nSPS) is 9.54. The van der Waals surface area contributed by atoms with Gasteiger partial charge in [0.1, 0.15) is 0 Å². The van der Waals surface area contributed by atoms with Crippen molar-refractivity contribution in [1.82, 2.24) is 0 Å². The van der Waals surface area contributed by atoms with Crippen molar-refractivity contribution in [2.45, 2.75) is 61.8 Å².